The topological polar surface area (TPSA) is 56.6 Å². The second-order valence-corrected chi connectivity index (χ2v) is 8.46. The molecule has 0 radical (unpaired) electrons. The van der Waals surface area contributed by atoms with Crippen LogP contribution >= 0.6 is 0 Å². The molecule has 7 nitrogen and oxygen atoms in total. The fraction of sp³-hybridized carbons (Fsp3) is 0.360. The normalized spacial score (nSPS) is 17.6. The first kappa shape index (κ1) is 20.6. The molecular weight excluding hydrogens is 400 g/mol. The molecule has 2 saturated heterocycles. The van der Waals surface area contributed by atoms with E-state index in [1.807, 2.05) is 54.6 Å². The Hall–Kier alpha value is -3.34. The highest BCUT2D eigenvalue weighted by molar-refractivity contribution is 5.93. The van der Waals surface area contributed by atoms with Gasteiger partial charge in [0.1, 0.15) is 0 Å². The van der Waals surface area contributed by atoms with Crippen LogP contribution in [-0.4, -0.2) is 84.3 Å². The third kappa shape index (κ3) is 4.20. The summed E-state index contributed by atoms with van der Waals surface area (Å²) in [6, 6.07) is 18.0. The number of piperazine rings is 1. The average Bonchev–Trinajstić information content (AvgIpc) is 3.20. The summed E-state index contributed by atoms with van der Waals surface area (Å²) < 4.78 is 1.70. The van der Waals surface area contributed by atoms with E-state index < -0.39 is 0 Å². The van der Waals surface area contributed by atoms with E-state index in [4.69, 9.17) is 4.98 Å². The molecule has 7 heteroatoms. The number of likely N-dealkylation sites (N-methyl/N-ethyl adjacent to an activating group) is 1. The van der Waals surface area contributed by atoms with Gasteiger partial charge >= 0.3 is 6.03 Å². The van der Waals surface area contributed by atoms with Crippen molar-refractivity contribution in [1.29, 1.82) is 0 Å². The van der Waals surface area contributed by atoms with Gasteiger partial charge in [0.15, 0.2) is 0 Å². The van der Waals surface area contributed by atoms with Gasteiger partial charge in [0.25, 0.3) is 0 Å². The van der Waals surface area contributed by atoms with Crippen molar-refractivity contribution in [1.82, 2.24) is 24.7 Å². The summed E-state index contributed by atoms with van der Waals surface area (Å²) in [5.41, 5.74) is 2.58. The molecule has 164 valence electrons. The van der Waals surface area contributed by atoms with E-state index in [-0.39, 0.29) is 12.6 Å². The largest absolute Gasteiger partial charge is 0.339 e. The number of benzene rings is 2. The highest BCUT2D eigenvalue weighted by Gasteiger charge is 2.32. The SMILES string of the molecule is CN1CC(N2CCN(c3nc4ccccc4n3C(=O)NCC#Cc3ccccc3)CC2)C1. The van der Waals surface area contributed by atoms with E-state index in [1.165, 1.54) is 0 Å². The van der Waals surface area contributed by atoms with Crippen LogP contribution in [0.4, 0.5) is 10.7 Å². The van der Waals surface area contributed by atoms with E-state index in [9.17, 15) is 4.79 Å². The lowest BCUT2D eigenvalue weighted by Gasteiger charge is -2.47. The van der Waals surface area contributed by atoms with Crippen LogP contribution in [0.2, 0.25) is 0 Å². The van der Waals surface area contributed by atoms with Gasteiger partial charge in [0.2, 0.25) is 5.95 Å². The number of fused-ring (bicyclic) bond motifs is 1. The molecule has 2 aliphatic rings. The lowest BCUT2D eigenvalue weighted by molar-refractivity contribution is 0.0485. The number of para-hydroxylation sites is 2. The van der Waals surface area contributed by atoms with Gasteiger partial charge in [0.05, 0.1) is 17.6 Å². The second-order valence-electron chi connectivity index (χ2n) is 8.46. The molecule has 0 aliphatic carbocycles. The molecule has 1 aromatic heterocycles. The summed E-state index contributed by atoms with van der Waals surface area (Å²) in [7, 11) is 2.16. The number of nitrogens with zero attached hydrogens (tertiary/aromatic N) is 5. The van der Waals surface area contributed by atoms with Crippen LogP contribution in [-0.2, 0) is 0 Å². The number of anilines is 1. The standard InChI is InChI=1S/C25H28N6O/c1-28-18-21(19-28)29-14-16-30(17-15-29)24-27-22-11-5-6-12-23(22)31(24)25(32)26-13-7-10-20-8-3-2-4-9-20/h2-6,8-9,11-12,21H,13-19H2,1H3,(H,26,32). The van der Waals surface area contributed by atoms with Crippen LogP contribution in [0.15, 0.2) is 54.6 Å². The van der Waals surface area contributed by atoms with Crippen molar-refractivity contribution in [2.45, 2.75) is 6.04 Å². The molecule has 0 atom stereocenters. The van der Waals surface area contributed by atoms with Gasteiger partial charge in [-0.05, 0) is 31.3 Å². The molecule has 32 heavy (non-hydrogen) atoms. The van der Waals surface area contributed by atoms with Crippen LogP contribution in [0.5, 0.6) is 0 Å². The minimum absolute atomic E-state index is 0.195. The van der Waals surface area contributed by atoms with Crippen molar-refractivity contribution in [3.8, 4) is 11.8 Å². The highest BCUT2D eigenvalue weighted by Crippen LogP contribution is 2.24. The van der Waals surface area contributed by atoms with Gasteiger partial charge in [-0.25, -0.2) is 14.3 Å². The average molecular weight is 429 g/mol. The number of nitrogens with one attached hydrogen (secondary N) is 1. The molecule has 0 bridgehead atoms. The molecule has 0 saturated carbocycles. The van der Waals surface area contributed by atoms with Crippen molar-refractivity contribution >= 4 is 23.0 Å². The number of imidazole rings is 1. The zero-order valence-corrected chi connectivity index (χ0v) is 18.4. The Kier molecular flexibility index (Phi) is 5.80. The monoisotopic (exact) mass is 428 g/mol. The van der Waals surface area contributed by atoms with E-state index in [0.29, 0.717) is 12.0 Å². The highest BCUT2D eigenvalue weighted by atomic mass is 16.2. The van der Waals surface area contributed by atoms with Crippen LogP contribution in [0.3, 0.4) is 0 Å². The summed E-state index contributed by atoms with van der Waals surface area (Å²) in [5.74, 6) is 6.83. The van der Waals surface area contributed by atoms with E-state index in [1.54, 1.807) is 4.57 Å². The zero-order chi connectivity index (χ0) is 21.9. The Morgan fingerprint density at radius 2 is 1.75 bits per heavy atom. The summed E-state index contributed by atoms with van der Waals surface area (Å²) in [5, 5.41) is 2.94. The first-order valence-corrected chi connectivity index (χ1v) is 11.2. The number of likely N-dealkylation sites (tertiary alicyclic amines) is 1. The molecule has 2 aromatic carbocycles. The minimum Gasteiger partial charge on any atom is -0.339 e. The Morgan fingerprint density at radius 1 is 1.03 bits per heavy atom. The quantitative estimate of drug-likeness (QED) is 0.648. The zero-order valence-electron chi connectivity index (χ0n) is 18.4. The van der Waals surface area contributed by atoms with Gasteiger partial charge in [-0.15, -0.1) is 0 Å². The minimum atomic E-state index is -0.195. The third-order valence-electron chi connectivity index (χ3n) is 6.24. The van der Waals surface area contributed by atoms with Crippen molar-refractivity contribution in [2.75, 3.05) is 57.8 Å². The Labute approximate surface area is 188 Å². The van der Waals surface area contributed by atoms with Crippen molar-refractivity contribution in [2.24, 2.45) is 0 Å². The Morgan fingerprint density at radius 3 is 2.50 bits per heavy atom. The summed E-state index contributed by atoms with van der Waals surface area (Å²) in [6.45, 7) is 6.28. The molecule has 0 spiro atoms. The number of aromatic nitrogens is 2. The van der Waals surface area contributed by atoms with E-state index >= 15 is 0 Å². The van der Waals surface area contributed by atoms with E-state index in [0.717, 1.165) is 55.9 Å². The molecule has 1 N–H and O–H groups in total. The second kappa shape index (κ2) is 9.03. The fourth-order valence-corrected chi connectivity index (χ4v) is 4.48. The lowest BCUT2D eigenvalue weighted by atomic mass is 10.1. The van der Waals surface area contributed by atoms with Gasteiger partial charge in [-0.3, -0.25) is 4.90 Å². The molecule has 3 aromatic rings. The number of carbonyl (C=O) groups excluding carboxylic acids is 1. The number of amides is 1. The number of carbonyl (C=O) groups is 1. The maximum absolute atomic E-state index is 13.2. The summed E-state index contributed by atoms with van der Waals surface area (Å²) >= 11 is 0. The molecular formula is C25H28N6O. The first-order valence-electron chi connectivity index (χ1n) is 11.2. The molecule has 5 rings (SSSR count). The molecule has 1 amide bonds. The van der Waals surface area contributed by atoms with Gasteiger partial charge in [-0.1, -0.05) is 42.2 Å². The van der Waals surface area contributed by atoms with Crippen molar-refractivity contribution in [3.05, 3.63) is 60.2 Å². The summed E-state index contributed by atoms with van der Waals surface area (Å²) in [6.07, 6.45) is 0. The number of hydrogen-bond donors (Lipinski definition) is 1. The molecule has 2 aliphatic heterocycles. The third-order valence-corrected chi connectivity index (χ3v) is 6.24. The molecule has 0 unspecified atom stereocenters. The van der Waals surface area contributed by atoms with Crippen LogP contribution < -0.4 is 10.2 Å². The smallest absolute Gasteiger partial charge is 0.329 e. The van der Waals surface area contributed by atoms with E-state index in [2.05, 4.69) is 38.9 Å². The Balaban J connectivity index is 1.31. The predicted octanol–water partition coefficient (Wildman–Crippen LogP) is 2.08. The molecule has 2 fully saturated rings. The van der Waals surface area contributed by atoms with Crippen LogP contribution in [0, 0.1) is 11.8 Å². The van der Waals surface area contributed by atoms with Gasteiger partial charge < -0.3 is 15.1 Å². The molecule has 3 heterocycles. The number of hydrogen-bond acceptors (Lipinski definition) is 5. The van der Waals surface area contributed by atoms with Gasteiger partial charge in [0, 0.05) is 50.9 Å². The lowest BCUT2D eigenvalue weighted by Crippen LogP contribution is -2.62. The van der Waals surface area contributed by atoms with Crippen LogP contribution in [0.1, 0.15) is 5.56 Å². The van der Waals surface area contributed by atoms with Crippen molar-refractivity contribution < 1.29 is 4.79 Å². The fourth-order valence-electron chi connectivity index (χ4n) is 4.48. The Bertz CT molecular complexity index is 1150. The summed E-state index contributed by atoms with van der Waals surface area (Å²) in [4.78, 5) is 25.1. The maximum atomic E-state index is 13.2. The van der Waals surface area contributed by atoms with Crippen LogP contribution in [0.25, 0.3) is 11.0 Å². The van der Waals surface area contributed by atoms with Gasteiger partial charge in [-0.2, -0.15) is 0 Å². The maximum Gasteiger partial charge on any atom is 0.329 e. The predicted molar refractivity (Wildman–Crippen MR) is 127 cm³/mol. The first-order chi connectivity index (χ1) is 15.7. The number of rotatable bonds is 3. The van der Waals surface area contributed by atoms with Crippen molar-refractivity contribution in [3.63, 3.8) is 0 Å².